The molecule has 0 saturated heterocycles. The van der Waals surface area contributed by atoms with Gasteiger partial charge in [-0.15, -0.1) is 0 Å². The Morgan fingerprint density at radius 3 is 2.67 bits per heavy atom. The van der Waals surface area contributed by atoms with Gasteiger partial charge >= 0.3 is 0 Å². The maximum Gasteiger partial charge on any atom is 0.251 e. The Morgan fingerprint density at radius 1 is 1.19 bits per heavy atom. The molecular formula is C16H15BrClNOS. The van der Waals surface area contributed by atoms with E-state index in [1.54, 1.807) is 23.9 Å². The summed E-state index contributed by atoms with van der Waals surface area (Å²) in [5.41, 5.74) is 1.88. The average molecular weight is 385 g/mol. The summed E-state index contributed by atoms with van der Waals surface area (Å²) < 4.78 is 0.969. The van der Waals surface area contributed by atoms with Gasteiger partial charge in [0.25, 0.3) is 5.91 Å². The van der Waals surface area contributed by atoms with Crippen LogP contribution in [0.2, 0.25) is 5.02 Å². The fraction of sp³-hybridized carbons (Fsp3) is 0.188. The molecular weight excluding hydrogens is 370 g/mol. The Labute approximate surface area is 142 Å². The van der Waals surface area contributed by atoms with Gasteiger partial charge in [0.15, 0.2) is 0 Å². The lowest BCUT2D eigenvalue weighted by Gasteiger charge is -2.06. The minimum Gasteiger partial charge on any atom is -0.351 e. The highest BCUT2D eigenvalue weighted by Crippen LogP contribution is 2.16. The molecule has 5 heteroatoms. The number of carbonyl (C=O) groups is 1. The Morgan fingerprint density at radius 2 is 1.95 bits per heavy atom. The molecule has 0 fully saturated rings. The topological polar surface area (TPSA) is 29.1 Å². The molecule has 0 saturated carbocycles. The highest BCUT2D eigenvalue weighted by molar-refractivity contribution is 9.10. The summed E-state index contributed by atoms with van der Waals surface area (Å²) >= 11 is 11.1. The molecule has 0 atom stereocenters. The molecule has 2 aromatic carbocycles. The van der Waals surface area contributed by atoms with Gasteiger partial charge in [-0.2, -0.15) is 11.8 Å². The predicted octanol–water partition coefficient (Wildman–Crippen LogP) is 4.77. The molecule has 2 aromatic rings. The number of amides is 1. The minimum atomic E-state index is -0.0362. The fourth-order valence-corrected chi connectivity index (χ4v) is 3.04. The van der Waals surface area contributed by atoms with Gasteiger partial charge in [-0.3, -0.25) is 4.79 Å². The largest absolute Gasteiger partial charge is 0.351 e. The summed E-state index contributed by atoms with van der Waals surface area (Å²) in [4.78, 5) is 11.9. The molecule has 0 aromatic heterocycles. The van der Waals surface area contributed by atoms with Crippen molar-refractivity contribution in [3.63, 3.8) is 0 Å². The molecule has 110 valence electrons. The summed E-state index contributed by atoms with van der Waals surface area (Å²) in [6, 6.07) is 15.2. The van der Waals surface area contributed by atoms with E-state index in [1.165, 1.54) is 5.56 Å². The molecule has 1 amide bonds. The van der Waals surface area contributed by atoms with Crippen molar-refractivity contribution in [3.05, 3.63) is 69.2 Å². The second-order valence-corrected chi connectivity index (χ2v) is 6.90. The van der Waals surface area contributed by atoms with E-state index in [9.17, 15) is 4.79 Å². The van der Waals surface area contributed by atoms with E-state index in [0.29, 0.717) is 12.1 Å². The summed E-state index contributed by atoms with van der Waals surface area (Å²) in [5, 5.41) is 3.68. The highest BCUT2D eigenvalue weighted by atomic mass is 79.9. The van der Waals surface area contributed by atoms with Crippen LogP contribution in [0.15, 0.2) is 53.0 Å². The minimum absolute atomic E-state index is 0.0362. The van der Waals surface area contributed by atoms with Gasteiger partial charge in [0.05, 0.1) is 0 Å². The monoisotopic (exact) mass is 383 g/mol. The first-order valence-electron chi connectivity index (χ1n) is 6.51. The predicted molar refractivity (Wildman–Crippen MR) is 94.1 cm³/mol. The molecule has 0 heterocycles. The average Bonchev–Trinajstić information content (AvgIpc) is 2.47. The molecule has 2 rings (SSSR count). The van der Waals surface area contributed by atoms with Crippen LogP contribution in [-0.4, -0.2) is 18.2 Å². The number of nitrogens with one attached hydrogen (secondary N) is 1. The number of halogens is 2. The second kappa shape index (κ2) is 8.47. The van der Waals surface area contributed by atoms with Crippen LogP contribution in [0, 0.1) is 0 Å². The number of carbonyl (C=O) groups excluding carboxylic acids is 1. The van der Waals surface area contributed by atoms with E-state index >= 15 is 0 Å². The zero-order chi connectivity index (χ0) is 15.1. The van der Waals surface area contributed by atoms with Gasteiger partial charge in [-0.05, 0) is 42.0 Å². The van der Waals surface area contributed by atoms with Crippen molar-refractivity contribution in [1.82, 2.24) is 5.32 Å². The maximum absolute atomic E-state index is 11.9. The SMILES string of the molecule is O=C(NCCSCc1cccc(Cl)c1)c1ccc(Br)cc1. The van der Waals surface area contributed by atoms with Gasteiger partial charge in [-0.1, -0.05) is 39.7 Å². The normalized spacial score (nSPS) is 10.4. The van der Waals surface area contributed by atoms with Crippen LogP contribution in [0.3, 0.4) is 0 Å². The van der Waals surface area contributed by atoms with E-state index < -0.39 is 0 Å². The van der Waals surface area contributed by atoms with Crippen LogP contribution in [0.25, 0.3) is 0 Å². The first-order valence-corrected chi connectivity index (χ1v) is 8.83. The van der Waals surface area contributed by atoms with Crippen molar-refractivity contribution in [3.8, 4) is 0 Å². The standard InChI is InChI=1S/C16H15BrClNOS/c17-14-6-4-13(5-7-14)16(20)19-8-9-21-11-12-2-1-3-15(18)10-12/h1-7,10H,8-9,11H2,(H,19,20). The first-order chi connectivity index (χ1) is 10.1. The van der Waals surface area contributed by atoms with Gasteiger partial charge in [0, 0.05) is 33.1 Å². The van der Waals surface area contributed by atoms with Crippen LogP contribution < -0.4 is 5.32 Å². The van der Waals surface area contributed by atoms with Gasteiger partial charge in [0.1, 0.15) is 0 Å². The Balaban J connectivity index is 1.68. The molecule has 0 bridgehead atoms. The lowest BCUT2D eigenvalue weighted by atomic mass is 10.2. The van der Waals surface area contributed by atoms with Crippen molar-refractivity contribution in [2.45, 2.75) is 5.75 Å². The van der Waals surface area contributed by atoms with Crippen LogP contribution in [0.4, 0.5) is 0 Å². The molecule has 0 radical (unpaired) electrons. The van der Waals surface area contributed by atoms with E-state index in [-0.39, 0.29) is 5.91 Å². The smallest absolute Gasteiger partial charge is 0.251 e. The van der Waals surface area contributed by atoms with Crippen molar-refractivity contribution < 1.29 is 4.79 Å². The summed E-state index contributed by atoms with van der Waals surface area (Å²) in [5.74, 6) is 1.73. The second-order valence-electron chi connectivity index (χ2n) is 4.45. The first kappa shape index (κ1) is 16.4. The summed E-state index contributed by atoms with van der Waals surface area (Å²) in [6.07, 6.45) is 0. The molecule has 0 aliphatic heterocycles. The molecule has 2 nitrogen and oxygen atoms in total. The van der Waals surface area contributed by atoms with Crippen LogP contribution in [-0.2, 0) is 5.75 Å². The van der Waals surface area contributed by atoms with Crippen LogP contribution >= 0.6 is 39.3 Å². The molecule has 1 N–H and O–H groups in total. The van der Waals surface area contributed by atoms with Crippen molar-refractivity contribution in [2.75, 3.05) is 12.3 Å². The summed E-state index contributed by atoms with van der Waals surface area (Å²) in [6.45, 7) is 0.653. The third-order valence-corrected chi connectivity index (χ3v) is 4.59. The number of thioether (sulfide) groups is 1. The lowest BCUT2D eigenvalue weighted by Crippen LogP contribution is -2.25. The van der Waals surface area contributed by atoms with E-state index in [4.69, 9.17) is 11.6 Å². The van der Waals surface area contributed by atoms with Crippen molar-refractivity contribution >= 4 is 45.2 Å². The van der Waals surface area contributed by atoms with Gasteiger partial charge < -0.3 is 5.32 Å². The van der Waals surface area contributed by atoms with E-state index in [1.807, 2.05) is 30.3 Å². The Hall–Kier alpha value is -0.970. The summed E-state index contributed by atoms with van der Waals surface area (Å²) in [7, 11) is 0. The molecule has 0 aliphatic carbocycles. The molecule has 21 heavy (non-hydrogen) atoms. The van der Waals surface area contributed by atoms with Gasteiger partial charge in [-0.25, -0.2) is 0 Å². The van der Waals surface area contributed by atoms with Gasteiger partial charge in [0.2, 0.25) is 0 Å². The Kier molecular flexibility index (Phi) is 6.61. The van der Waals surface area contributed by atoms with Crippen molar-refractivity contribution in [1.29, 1.82) is 0 Å². The third-order valence-electron chi connectivity index (χ3n) is 2.80. The lowest BCUT2D eigenvalue weighted by molar-refractivity contribution is 0.0956. The number of benzene rings is 2. The third kappa shape index (κ3) is 5.73. The molecule has 0 unspecified atom stereocenters. The zero-order valence-electron chi connectivity index (χ0n) is 11.3. The van der Waals surface area contributed by atoms with Crippen LogP contribution in [0.5, 0.6) is 0 Å². The number of hydrogen-bond acceptors (Lipinski definition) is 2. The van der Waals surface area contributed by atoms with E-state index in [0.717, 1.165) is 21.0 Å². The number of rotatable bonds is 6. The van der Waals surface area contributed by atoms with Crippen molar-refractivity contribution in [2.24, 2.45) is 0 Å². The Bertz CT molecular complexity index is 603. The zero-order valence-corrected chi connectivity index (χ0v) is 14.5. The number of hydrogen-bond donors (Lipinski definition) is 1. The van der Waals surface area contributed by atoms with E-state index in [2.05, 4.69) is 27.3 Å². The van der Waals surface area contributed by atoms with Crippen LogP contribution in [0.1, 0.15) is 15.9 Å². The molecule has 0 spiro atoms. The quantitative estimate of drug-likeness (QED) is 0.727. The fourth-order valence-electron chi connectivity index (χ4n) is 1.76. The molecule has 0 aliphatic rings. The highest BCUT2D eigenvalue weighted by Gasteiger charge is 2.04. The maximum atomic E-state index is 11.9.